The van der Waals surface area contributed by atoms with Crippen molar-refractivity contribution in [2.75, 3.05) is 0 Å². The number of carbonyl (C=O) groups is 1. The standard InChI is InChI=1S/C12H15BrO2/c1-12(2,3)11-8(7-10(14)15)5-4-6-9(11)13/h4-6H,7H2,1-3H3,(H,14,15). The number of benzene rings is 1. The molecule has 3 heteroatoms. The monoisotopic (exact) mass is 270 g/mol. The van der Waals surface area contributed by atoms with Crippen LogP contribution in [0, 0.1) is 0 Å². The highest BCUT2D eigenvalue weighted by Gasteiger charge is 2.21. The average Bonchev–Trinajstić information content (AvgIpc) is 1.99. The van der Waals surface area contributed by atoms with Crippen LogP contribution in [0.25, 0.3) is 0 Å². The Morgan fingerprint density at radius 3 is 2.47 bits per heavy atom. The predicted octanol–water partition coefficient (Wildman–Crippen LogP) is 3.37. The van der Waals surface area contributed by atoms with Crippen LogP contribution in [0.5, 0.6) is 0 Å². The van der Waals surface area contributed by atoms with Gasteiger partial charge in [0, 0.05) is 4.47 Å². The topological polar surface area (TPSA) is 37.3 Å². The van der Waals surface area contributed by atoms with E-state index in [1.807, 2.05) is 18.2 Å². The largest absolute Gasteiger partial charge is 0.481 e. The minimum absolute atomic E-state index is 0.0507. The third-order valence-electron chi connectivity index (χ3n) is 2.19. The van der Waals surface area contributed by atoms with Gasteiger partial charge in [0.25, 0.3) is 0 Å². The highest BCUT2D eigenvalue weighted by atomic mass is 79.9. The van der Waals surface area contributed by atoms with E-state index in [4.69, 9.17) is 5.11 Å². The molecule has 0 spiro atoms. The fourth-order valence-corrected chi connectivity index (χ4v) is 2.72. The van der Waals surface area contributed by atoms with Gasteiger partial charge in [0.2, 0.25) is 0 Å². The molecule has 1 rings (SSSR count). The lowest BCUT2D eigenvalue weighted by Crippen LogP contribution is -2.17. The van der Waals surface area contributed by atoms with Gasteiger partial charge in [0.15, 0.2) is 0 Å². The number of hydrogen-bond acceptors (Lipinski definition) is 1. The summed E-state index contributed by atoms with van der Waals surface area (Å²) in [6, 6.07) is 5.70. The van der Waals surface area contributed by atoms with E-state index < -0.39 is 5.97 Å². The lowest BCUT2D eigenvalue weighted by molar-refractivity contribution is -0.136. The first kappa shape index (κ1) is 12.2. The normalized spacial score (nSPS) is 11.5. The fraction of sp³-hybridized carbons (Fsp3) is 0.417. The Morgan fingerprint density at radius 1 is 1.40 bits per heavy atom. The molecule has 0 amide bonds. The van der Waals surface area contributed by atoms with Gasteiger partial charge in [-0.25, -0.2) is 0 Å². The zero-order valence-corrected chi connectivity index (χ0v) is 10.8. The summed E-state index contributed by atoms with van der Waals surface area (Å²) in [5, 5.41) is 8.83. The summed E-state index contributed by atoms with van der Waals surface area (Å²) in [6.45, 7) is 6.25. The van der Waals surface area contributed by atoms with Crippen molar-refractivity contribution in [1.29, 1.82) is 0 Å². The van der Waals surface area contributed by atoms with Crippen molar-refractivity contribution in [2.24, 2.45) is 0 Å². The van der Waals surface area contributed by atoms with Crippen LogP contribution in [0.3, 0.4) is 0 Å². The maximum atomic E-state index is 10.7. The van der Waals surface area contributed by atoms with Crippen molar-refractivity contribution in [3.05, 3.63) is 33.8 Å². The van der Waals surface area contributed by atoms with E-state index in [2.05, 4.69) is 36.7 Å². The summed E-state index contributed by atoms with van der Waals surface area (Å²) in [4.78, 5) is 10.7. The third kappa shape index (κ3) is 3.06. The summed E-state index contributed by atoms with van der Waals surface area (Å²) >= 11 is 3.48. The second-order valence-corrected chi connectivity index (χ2v) is 5.45. The molecule has 0 aliphatic heterocycles. The third-order valence-corrected chi connectivity index (χ3v) is 2.85. The Morgan fingerprint density at radius 2 is 2.00 bits per heavy atom. The molecule has 15 heavy (non-hydrogen) atoms. The number of rotatable bonds is 2. The van der Waals surface area contributed by atoms with Crippen molar-refractivity contribution < 1.29 is 9.90 Å². The Bertz CT molecular complexity index is 378. The van der Waals surface area contributed by atoms with Crippen molar-refractivity contribution in [3.8, 4) is 0 Å². The zero-order chi connectivity index (χ0) is 11.6. The smallest absolute Gasteiger partial charge is 0.307 e. The quantitative estimate of drug-likeness (QED) is 0.895. The lowest BCUT2D eigenvalue weighted by Gasteiger charge is -2.24. The molecule has 1 N–H and O–H groups in total. The first-order chi connectivity index (χ1) is 6.82. The molecule has 0 unspecified atom stereocenters. The second kappa shape index (κ2) is 4.35. The van der Waals surface area contributed by atoms with Crippen molar-refractivity contribution >= 4 is 21.9 Å². The summed E-state index contributed by atoms with van der Waals surface area (Å²) < 4.78 is 0.980. The molecule has 0 heterocycles. The highest BCUT2D eigenvalue weighted by molar-refractivity contribution is 9.10. The molecule has 2 nitrogen and oxygen atoms in total. The lowest BCUT2D eigenvalue weighted by atomic mass is 9.83. The molecular formula is C12H15BrO2. The number of carboxylic acid groups (broad SMARTS) is 1. The van der Waals surface area contributed by atoms with Crippen LogP contribution >= 0.6 is 15.9 Å². The van der Waals surface area contributed by atoms with E-state index in [0.717, 1.165) is 15.6 Å². The molecule has 0 aliphatic rings. The average molecular weight is 271 g/mol. The highest BCUT2D eigenvalue weighted by Crippen LogP contribution is 2.32. The molecule has 0 aromatic heterocycles. The van der Waals surface area contributed by atoms with E-state index in [1.54, 1.807) is 0 Å². The van der Waals surface area contributed by atoms with E-state index in [0.29, 0.717) is 0 Å². The molecular weight excluding hydrogens is 256 g/mol. The second-order valence-electron chi connectivity index (χ2n) is 4.59. The molecule has 82 valence electrons. The van der Waals surface area contributed by atoms with Crippen LogP contribution < -0.4 is 0 Å². The van der Waals surface area contributed by atoms with Crippen LogP contribution in [-0.2, 0) is 16.6 Å². The predicted molar refractivity (Wildman–Crippen MR) is 64.2 cm³/mol. The number of hydrogen-bond donors (Lipinski definition) is 1. The van der Waals surface area contributed by atoms with Crippen molar-refractivity contribution in [3.63, 3.8) is 0 Å². The summed E-state index contributed by atoms with van der Waals surface area (Å²) in [7, 11) is 0. The number of halogens is 1. The Hall–Kier alpha value is -0.830. The van der Waals surface area contributed by atoms with Gasteiger partial charge in [-0.2, -0.15) is 0 Å². The molecule has 1 aromatic carbocycles. The van der Waals surface area contributed by atoms with Gasteiger partial charge in [0.1, 0.15) is 0 Å². The molecule has 0 radical (unpaired) electrons. The van der Waals surface area contributed by atoms with Gasteiger partial charge in [-0.15, -0.1) is 0 Å². The SMILES string of the molecule is CC(C)(C)c1c(Br)cccc1CC(=O)O. The van der Waals surface area contributed by atoms with Gasteiger partial charge in [-0.05, 0) is 22.6 Å². The summed E-state index contributed by atoms with van der Waals surface area (Å²) in [5.41, 5.74) is 1.90. The van der Waals surface area contributed by atoms with E-state index >= 15 is 0 Å². The summed E-state index contributed by atoms with van der Waals surface area (Å²) in [6.07, 6.45) is 0.0754. The molecule has 0 aliphatic carbocycles. The Labute approximate surface area is 98.4 Å². The molecule has 0 saturated heterocycles. The van der Waals surface area contributed by atoms with E-state index in [1.165, 1.54) is 0 Å². The van der Waals surface area contributed by atoms with Crippen LogP contribution in [0.4, 0.5) is 0 Å². The van der Waals surface area contributed by atoms with Crippen LogP contribution in [-0.4, -0.2) is 11.1 Å². The molecule has 0 fully saturated rings. The van der Waals surface area contributed by atoms with Crippen molar-refractivity contribution in [2.45, 2.75) is 32.6 Å². The van der Waals surface area contributed by atoms with E-state index in [9.17, 15) is 4.79 Å². The molecule has 0 bridgehead atoms. The first-order valence-electron chi connectivity index (χ1n) is 4.82. The van der Waals surface area contributed by atoms with Gasteiger partial charge in [0.05, 0.1) is 6.42 Å². The maximum Gasteiger partial charge on any atom is 0.307 e. The van der Waals surface area contributed by atoms with Gasteiger partial charge in [-0.3, -0.25) is 4.79 Å². The van der Waals surface area contributed by atoms with Gasteiger partial charge >= 0.3 is 5.97 Å². The minimum Gasteiger partial charge on any atom is -0.481 e. The van der Waals surface area contributed by atoms with E-state index in [-0.39, 0.29) is 11.8 Å². The molecule has 0 atom stereocenters. The number of aliphatic carboxylic acids is 1. The van der Waals surface area contributed by atoms with Crippen LogP contribution in [0.2, 0.25) is 0 Å². The maximum absolute atomic E-state index is 10.7. The van der Waals surface area contributed by atoms with Gasteiger partial charge in [-0.1, -0.05) is 48.8 Å². The van der Waals surface area contributed by atoms with Gasteiger partial charge < -0.3 is 5.11 Å². The van der Waals surface area contributed by atoms with Crippen molar-refractivity contribution in [1.82, 2.24) is 0 Å². The Kier molecular flexibility index (Phi) is 3.55. The zero-order valence-electron chi connectivity index (χ0n) is 9.17. The van der Waals surface area contributed by atoms with Crippen LogP contribution in [0.15, 0.2) is 22.7 Å². The first-order valence-corrected chi connectivity index (χ1v) is 5.61. The minimum atomic E-state index is -0.793. The summed E-state index contributed by atoms with van der Waals surface area (Å²) in [5.74, 6) is -0.793. The van der Waals surface area contributed by atoms with Crippen LogP contribution in [0.1, 0.15) is 31.9 Å². The number of carboxylic acids is 1. The molecule has 1 aromatic rings. The fourth-order valence-electron chi connectivity index (χ4n) is 1.72. The Balaban J connectivity index is 3.27. The molecule has 0 saturated carbocycles.